The minimum absolute atomic E-state index is 0.0730. The fraction of sp³-hybridized carbons (Fsp3) is 0.0800. The molecule has 4 rings (SSSR count). The molecule has 32 heavy (non-hydrogen) atoms. The lowest BCUT2D eigenvalue weighted by Crippen LogP contribution is -2.30. The van der Waals surface area contributed by atoms with Crippen molar-refractivity contribution in [2.24, 2.45) is 0 Å². The Hall–Kier alpha value is -4.26. The van der Waals surface area contributed by atoms with Crippen LogP contribution in [0.15, 0.2) is 88.1 Å². The van der Waals surface area contributed by atoms with Gasteiger partial charge in [0.05, 0.1) is 11.6 Å². The number of carbonyl (C=O) groups excluding carboxylic acids is 2. The largest absolute Gasteiger partial charge is 0.423 e. The van der Waals surface area contributed by atoms with E-state index >= 15 is 0 Å². The Morgan fingerprint density at radius 1 is 0.938 bits per heavy atom. The molecule has 1 amide bonds. The molecule has 0 radical (unpaired) electrons. The molecule has 0 fully saturated rings. The summed E-state index contributed by atoms with van der Waals surface area (Å²) in [7, 11) is 0. The van der Waals surface area contributed by atoms with Gasteiger partial charge in [0.15, 0.2) is 0 Å². The molecular formula is C25H18FNO5. The molecule has 1 atom stereocenters. The van der Waals surface area contributed by atoms with E-state index in [4.69, 9.17) is 9.15 Å². The highest BCUT2D eigenvalue weighted by molar-refractivity contribution is 5.97. The Kier molecular flexibility index (Phi) is 5.81. The highest BCUT2D eigenvalue weighted by atomic mass is 19.1. The van der Waals surface area contributed by atoms with Gasteiger partial charge in [-0.2, -0.15) is 0 Å². The van der Waals surface area contributed by atoms with Crippen LogP contribution in [0.1, 0.15) is 39.2 Å². The normalized spacial score (nSPS) is 11.7. The van der Waals surface area contributed by atoms with Crippen molar-refractivity contribution < 1.29 is 23.1 Å². The topological polar surface area (TPSA) is 85.6 Å². The van der Waals surface area contributed by atoms with Gasteiger partial charge in [0.2, 0.25) is 0 Å². The van der Waals surface area contributed by atoms with Crippen molar-refractivity contribution in [3.8, 4) is 5.75 Å². The Labute approximate surface area is 182 Å². The summed E-state index contributed by atoms with van der Waals surface area (Å²) in [4.78, 5) is 37.2. The molecule has 7 heteroatoms. The van der Waals surface area contributed by atoms with E-state index in [-0.39, 0.29) is 28.5 Å². The molecule has 0 aliphatic rings. The van der Waals surface area contributed by atoms with Crippen molar-refractivity contribution in [3.05, 3.63) is 112 Å². The van der Waals surface area contributed by atoms with E-state index in [0.717, 1.165) is 11.6 Å². The van der Waals surface area contributed by atoms with Crippen LogP contribution in [0.3, 0.4) is 0 Å². The van der Waals surface area contributed by atoms with E-state index in [1.165, 1.54) is 36.4 Å². The van der Waals surface area contributed by atoms with Crippen molar-refractivity contribution in [2.45, 2.75) is 13.0 Å². The third-order valence-corrected chi connectivity index (χ3v) is 4.90. The molecule has 0 saturated heterocycles. The van der Waals surface area contributed by atoms with Crippen molar-refractivity contribution in [1.29, 1.82) is 0 Å². The molecule has 1 N–H and O–H groups in total. The number of benzene rings is 3. The first-order chi connectivity index (χ1) is 15.4. The van der Waals surface area contributed by atoms with E-state index in [1.807, 2.05) is 37.3 Å². The first-order valence-corrected chi connectivity index (χ1v) is 9.83. The van der Waals surface area contributed by atoms with Crippen LogP contribution >= 0.6 is 0 Å². The van der Waals surface area contributed by atoms with Crippen LogP contribution in [0.2, 0.25) is 0 Å². The molecule has 0 saturated carbocycles. The Bertz CT molecular complexity index is 1360. The van der Waals surface area contributed by atoms with Gasteiger partial charge in [0, 0.05) is 11.5 Å². The maximum absolute atomic E-state index is 13.8. The van der Waals surface area contributed by atoms with Gasteiger partial charge in [-0.05, 0) is 42.8 Å². The second kappa shape index (κ2) is 8.85. The van der Waals surface area contributed by atoms with Crippen molar-refractivity contribution in [2.75, 3.05) is 0 Å². The molecule has 1 heterocycles. The summed E-state index contributed by atoms with van der Waals surface area (Å²) in [6.45, 7) is 1.81. The van der Waals surface area contributed by atoms with Crippen LogP contribution in [0, 0.1) is 5.82 Å². The van der Waals surface area contributed by atoms with Crippen molar-refractivity contribution in [1.82, 2.24) is 5.32 Å². The molecule has 0 aliphatic carbocycles. The predicted octanol–water partition coefficient (Wildman–Crippen LogP) is 4.64. The summed E-state index contributed by atoms with van der Waals surface area (Å²) in [6, 6.07) is 20.2. The number of esters is 1. The highest BCUT2D eigenvalue weighted by Crippen LogP contribution is 2.22. The van der Waals surface area contributed by atoms with Gasteiger partial charge in [0.25, 0.3) is 5.91 Å². The maximum Gasteiger partial charge on any atom is 0.349 e. The van der Waals surface area contributed by atoms with Gasteiger partial charge < -0.3 is 14.5 Å². The van der Waals surface area contributed by atoms with Gasteiger partial charge in [-0.3, -0.25) is 4.79 Å². The van der Waals surface area contributed by atoms with E-state index < -0.39 is 23.3 Å². The molecule has 1 aromatic heterocycles. The predicted molar refractivity (Wildman–Crippen MR) is 116 cm³/mol. The third-order valence-electron chi connectivity index (χ3n) is 4.90. The molecule has 0 bridgehead atoms. The first-order valence-electron chi connectivity index (χ1n) is 9.83. The Morgan fingerprint density at radius 2 is 1.66 bits per heavy atom. The summed E-state index contributed by atoms with van der Waals surface area (Å²) in [5.74, 6) is -2.07. The van der Waals surface area contributed by atoms with Gasteiger partial charge in [-0.25, -0.2) is 14.0 Å². The van der Waals surface area contributed by atoms with Gasteiger partial charge in [-0.15, -0.1) is 0 Å². The second-order valence-electron chi connectivity index (χ2n) is 7.12. The highest BCUT2D eigenvalue weighted by Gasteiger charge is 2.18. The molecule has 0 aliphatic heterocycles. The lowest BCUT2D eigenvalue weighted by molar-refractivity contribution is 0.0729. The zero-order valence-electron chi connectivity index (χ0n) is 17.0. The number of hydrogen-bond acceptors (Lipinski definition) is 5. The van der Waals surface area contributed by atoms with Gasteiger partial charge >= 0.3 is 11.6 Å². The number of rotatable bonds is 5. The zero-order chi connectivity index (χ0) is 22.7. The average Bonchev–Trinajstić information content (AvgIpc) is 2.79. The third kappa shape index (κ3) is 4.41. The van der Waals surface area contributed by atoms with Crippen LogP contribution in [-0.2, 0) is 0 Å². The molecular weight excluding hydrogens is 413 g/mol. The standard InChI is InChI=1S/C25H18FNO5/c1-15(16-7-3-2-4-8-16)27-23(28)20-13-17-11-12-18(14-22(17)32-25(20)30)31-24(29)19-9-5-6-10-21(19)26/h2-15H,1H3,(H,27,28). The summed E-state index contributed by atoms with van der Waals surface area (Å²) in [5, 5.41) is 3.24. The van der Waals surface area contributed by atoms with Crippen LogP contribution in [-0.4, -0.2) is 11.9 Å². The lowest BCUT2D eigenvalue weighted by Gasteiger charge is -2.14. The Morgan fingerprint density at radius 3 is 2.41 bits per heavy atom. The van der Waals surface area contributed by atoms with E-state index in [9.17, 15) is 18.8 Å². The first kappa shape index (κ1) is 21.0. The number of nitrogens with one attached hydrogen (secondary N) is 1. The summed E-state index contributed by atoms with van der Waals surface area (Å²) < 4.78 is 24.2. The SMILES string of the molecule is CC(NC(=O)c1cc2ccc(OC(=O)c3ccccc3F)cc2oc1=O)c1ccccc1. The molecule has 0 spiro atoms. The zero-order valence-corrected chi connectivity index (χ0v) is 17.0. The quantitative estimate of drug-likeness (QED) is 0.283. The number of amides is 1. The van der Waals surface area contributed by atoms with Crippen LogP contribution in [0.25, 0.3) is 11.0 Å². The van der Waals surface area contributed by atoms with E-state index in [2.05, 4.69) is 5.32 Å². The summed E-state index contributed by atoms with van der Waals surface area (Å²) in [6.07, 6.45) is 0. The lowest BCUT2D eigenvalue weighted by atomic mass is 10.1. The molecule has 1 unspecified atom stereocenters. The number of ether oxygens (including phenoxy) is 1. The summed E-state index contributed by atoms with van der Waals surface area (Å²) >= 11 is 0. The number of halogens is 1. The molecule has 4 aromatic rings. The minimum atomic E-state index is -0.879. The Balaban J connectivity index is 1.55. The molecule has 3 aromatic carbocycles. The fourth-order valence-corrected chi connectivity index (χ4v) is 3.20. The van der Waals surface area contributed by atoms with Gasteiger partial charge in [0.1, 0.15) is 22.7 Å². The average molecular weight is 431 g/mol. The minimum Gasteiger partial charge on any atom is -0.423 e. The van der Waals surface area contributed by atoms with Crippen LogP contribution in [0.4, 0.5) is 4.39 Å². The number of hydrogen-bond donors (Lipinski definition) is 1. The van der Waals surface area contributed by atoms with Crippen LogP contribution < -0.4 is 15.7 Å². The summed E-state index contributed by atoms with van der Waals surface area (Å²) in [5.41, 5.74) is -0.161. The maximum atomic E-state index is 13.8. The monoisotopic (exact) mass is 431 g/mol. The second-order valence-corrected chi connectivity index (χ2v) is 7.12. The number of carbonyl (C=O) groups is 2. The van der Waals surface area contributed by atoms with Gasteiger partial charge in [-0.1, -0.05) is 42.5 Å². The smallest absolute Gasteiger partial charge is 0.349 e. The van der Waals surface area contributed by atoms with Crippen molar-refractivity contribution >= 4 is 22.8 Å². The van der Waals surface area contributed by atoms with E-state index in [0.29, 0.717) is 5.39 Å². The van der Waals surface area contributed by atoms with E-state index in [1.54, 1.807) is 6.07 Å². The number of fused-ring (bicyclic) bond motifs is 1. The van der Waals surface area contributed by atoms with Crippen LogP contribution in [0.5, 0.6) is 5.75 Å². The molecule has 6 nitrogen and oxygen atoms in total. The fourth-order valence-electron chi connectivity index (χ4n) is 3.20. The van der Waals surface area contributed by atoms with Crippen molar-refractivity contribution in [3.63, 3.8) is 0 Å². The molecule has 160 valence electrons.